The lowest BCUT2D eigenvalue weighted by molar-refractivity contribution is -0.194. The van der Waals surface area contributed by atoms with Crippen LogP contribution in [0.15, 0.2) is 12.2 Å². The molecule has 0 aromatic rings. The van der Waals surface area contributed by atoms with Gasteiger partial charge in [-0.15, -0.1) is 0 Å². The van der Waals surface area contributed by atoms with Crippen LogP contribution in [-0.4, -0.2) is 90.7 Å². The Bertz CT molecular complexity index is 1220. The van der Waals surface area contributed by atoms with E-state index in [2.05, 4.69) is 53.1 Å². The predicted octanol–water partition coefficient (Wildman–Crippen LogP) is 2.28. The Morgan fingerprint density at radius 1 is 0.881 bits per heavy atom. The molecule has 1 spiro atoms. The SMILES string of the molecule is CC(C)(Br)C(=O)OCC(COC(=O)C(C)(C)Br)(NC(=O)CCN1C(=O)C2C(C1=O)C1OC13C=CC23)OC(=O)C(C)(C)Br. The number of halogens is 3. The molecular formula is C27H33Br3N2O10. The number of esters is 3. The number of rotatable bonds is 12. The fraction of sp³-hybridized carbons (Fsp3) is 0.704. The third kappa shape index (κ3) is 6.20. The third-order valence-electron chi connectivity index (χ3n) is 7.55. The molecule has 0 aromatic heterocycles. The van der Waals surface area contributed by atoms with E-state index in [4.69, 9.17) is 18.9 Å². The molecule has 3 amide bonds. The molecule has 0 bridgehead atoms. The molecule has 2 aliphatic heterocycles. The summed E-state index contributed by atoms with van der Waals surface area (Å²) in [7, 11) is 0. The smallest absolute Gasteiger partial charge is 0.324 e. The van der Waals surface area contributed by atoms with Crippen molar-refractivity contribution in [2.75, 3.05) is 19.8 Å². The molecule has 232 valence electrons. The van der Waals surface area contributed by atoms with E-state index in [1.807, 2.05) is 12.2 Å². The zero-order valence-corrected chi connectivity index (χ0v) is 28.7. The van der Waals surface area contributed by atoms with Crippen LogP contribution < -0.4 is 5.32 Å². The second kappa shape index (κ2) is 11.0. The van der Waals surface area contributed by atoms with Crippen LogP contribution in [0, 0.1) is 17.8 Å². The monoisotopic (exact) mass is 782 g/mol. The number of carbonyl (C=O) groups is 6. The summed E-state index contributed by atoms with van der Waals surface area (Å²) in [5.74, 6) is -5.09. The molecule has 4 aliphatic rings. The van der Waals surface area contributed by atoms with Crippen molar-refractivity contribution in [2.24, 2.45) is 17.8 Å². The van der Waals surface area contributed by atoms with Gasteiger partial charge in [0.2, 0.25) is 17.7 Å². The van der Waals surface area contributed by atoms with Crippen molar-refractivity contribution in [1.29, 1.82) is 0 Å². The second-order valence-electron chi connectivity index (χ2n) is 12.4. The first kappa shape index (κ1) is 33.1. The molecule has 15 heteroatoms. The van der Waals surface area contributed by atoms with Gasteiger partial charge in [-0.1, -0.05) is 59.9 Å². The van der Waals surface area contributed by atoms with Crippen LogP contribution >= 0.6 is 47.8 Å². The van der Waals surface area contributed by atoms with Gasteiger partial charge in [0.1, 0.15) is 24.7 Å². The van der Waals surface area contributed by atoms with Crippen LogP contribution in [0.1, 0.15) is 48.0 Å². The van der Waals surface area contributed by atoms with E-state index in [0.29, 0.717) is 0 Å². The molecule has 5 unspecified atom stereocenters. The molecule has 1 N–H and O–H groups in total. The van der Waals surface area contributed by atoms with Crippen LogP contribution in [0.5, 0.6) is 0 Å². The highest BCUT2D eigenvalue weighted by atomic mass is 79.9. The summed E-state index contributed by atoms with van der Waals surface area (Å²) in [4.78, 5) is 78.7. The molecule has 2 heterocycles. The van der Waals surface area contributed by atoms with Crippen molar-refractivity contribution >= 4 is 83.4 Å². The van der Waals surface area contributed by atoms with Gasteiger partial charge < -0.3 is 24.3 Å². The summed E-state index contributed by atoms with van der Waals surface area (Å²) < 4.78 is 18.6. The van der Waals surface area contributed by atoms with Crippen LogP contribution in [-0.2, 0) is 47.7 Å². The van der Waals surface area contributed by atoms with Crippen molar-refractivity contribution in [3.8, 4) is 0 Å². The van der Waals surface area contributed by atoms with E-state index < -0.39 is 79.1 Å². The number of fused-ring (bicyclic) bond motifs is 3. The molecule has 5 atom stereocenters. The Hall–Kier alpha value is -1.84. The summed E-state index contributed by atoms with van der Waals surface area (Å²) in [6, 6.07) is 0. The third-order valence-corrected chi connectivity index (χ3v) is 8.52. The van der Waals surface area contributed by atoms with Crippen molar-refractivity contribution in [3.63, 3.8) is 0 Å². The highest BCUT2D eigenvalue weighted by Gasteiger charge is 2.80. The largest absolute Gasteiger partial charge is 0.458 e. The van der Waals surface area contributed by atoms with E-state index >= 15 is 0 Å². The van der Waals surface area contributed by atoms with Crippen molar-refractivity contribution < 1.29 is 47.7 Å². The lowest BCUT2D eigenvalue weighted by atomic mass is 9.78. The Morgan fingerprint density at radius 2 is 1.38 bits per heavy atom. The molecule has 42 heavy (non-hydrogen) atoms. The predicted molar refractivity (Wildman–Crippen MR) is 156 cm³/mol. The number of carbonyl (C=O) groups excluding carboxylic acids is 6. The van der Waals surface area contributed by atoms with Gasteiger partial charge in [-0.3, -0.25) is 33.7 Å². The molecular weight excluding hydrogens is 752 g/mol. The zero-order valence-electron chi connectivity index (χ0n) is 24.0. The quantitative estimate of drug-likeness (QED) is 0.0593. The molecule has 1 saturated carbocycles. The Morgan fingerprint density at radius 3 is 1.83 bits per heavy atom. The Labute approximate surface area is 268 Å². The summed E-state index contributed by atoms with van der Waals surface area (Å²) in [6.45, 7) is 7.48. The summed E-state index contributed by atoms with van der Waals surface area (Å²) in [5.41, 5.74) is -2.63. The van der Waals surface area contributed by atoms with Gasteiger partial charge in [0.15, 0.2) is 13.2 Å². The first-order valence-electron chi connectivity index (χ1n) is 13.3. The Balaban J connectivity index is 1.51. The number of nitrogens with zero attached hydrogens (tertiary/aromatic N) is 1. The number of epoxide rings is 1. The van der Waals surface area contributed by atoms with E-state index in [1.54, 1.807) is 0 Å². The standard InChI is InChI=1S/C27H33Br3N2O10/c1-23(2,28)20(36)39-11-26(42-22(38)25(5,6)30,12-40-21(37)24(3,4)29)31-14(33)8-10-32-18(34)15-13-7-9-27(13)17(41-27)16(15)19(32)35/h7,9,13,15-17H,8,10-12H2,1-6H3,(H,31,33). The second-order valence-corrected chi connectivity index (χ2v) is 18.4. The van der Waals surface area contributed by atoms with E-state index in [-0.39, 0.29) is 30.9 Å². The number of alkyl halides is 3. The van der Waals surface area contributed by atoms with Gasteiger partial charge in [0, 0.05) is 18.9 Å². The van der Waals surface area contributed by atoms with Gasteiger partial charge in [0.25, 0.3) is 5.72 Å². The number of hydrogen-bond acceptors (Lipinski definition) is 10. The van der Waals surface area contributed by atoms with Crippen molar-refractivity contribution in [2.45, 2.75) is 78.4 Å². The van der Waals surface area contributed by atoms with Crippen molar-refractivity contribution in [1.82, 2.24) is 10.2 Å². The lowest BCUT2D eigenvalue weighted by Crippen LogP contribution is -2.60. The first-order valence-corrected chi connectivity index (χ1v) is 15.7. The molecule has 12 nitrogen and oxygen atoms in total. The highest BCUT2D eigenvalue weighted by Crippen LogP contribution is 2.67. The van der Waals surface area contributed by atoms with Crippen LogP contribution in [0.25, 0.3) is 0 Å². The minimum absolute atomic E-state index is 0.149. The maximum atomic E-state index is 13.3. The minimum atomic E-state index is -2.14. The van der Waals surface area contributed by atoms with Gasteiger partial charge in [-0.25, -0.2) is 0 Å². The van der Waals surface area contributed by atoms with Gasteiger partial charge in [-0.2, -0.15) is 0 Å². The van der Waals surface area contributed by atoms with Gasteiger partial charge >= 0.3 is 17.9 Å². The number of ether oxygens (including phenoxy) is 4. The average Bonchev–Trinajstić information content (AvgIpc) is 3.51. The van der Waals surface area contributed by atoms with E-state index in [0.717, 1.165) is 4.90 Å². The fourth-order valence-corrected chi connectivity index (χ4v) is 5.47. The maximum absolute atomic E-state index is 13.3. The van der Waals surface area contributed by atoms with Gasteiger partial charge in [-0.05, 0) is 41.5 Å². The molecule has 0 radical (unpaired) electrons. The molecule has 2 aliphatic carbocycles. The zero-order chi connectivity index (χ0) is 31.6. The molecule has 0 aromatic carbocycles. The normalized spacial score (nSPS) is 27.9. The number of imide groups is 1. The minimum Gasteiger partial charge on any atom is -0.458 e. The topological polar surface area (TPSA) is 158 Å². The fourth-order valence-electron chi connectivity index (χ4n) is 5.16. The number of likely N-dealkylation sites (tertiary alicyclic amines) is 1. The average molecular weight is 785 g/mol. The van der Waals surface area contributed by atoms with Crippen molar-refractivity contribution in [3.05, 3.63) is 12.2 Å². The Kier molecular flexibility index (Phi) is 8.62. The summed E-state index contributed by atoms with van der Waals surface area (Å²) >= 11 is 9.60. The van der Waals surface area contributed by atoms with Crippen LogP contribution in [0.2, 0.25) is 0 Å². The van der Waals surface area contributed by atoms with Crippen LogP contribution in [0.3, 0.4) is 0 Å². The van der Waals surface area contributed by atoms with Crippen LogP contribution in [0.4, 0.5) is 0 Å². The molecule has 4 rings (SSSR count). The molecule has 2 saturated heterocycles. The highest BCUT2D eigenvalue weighted by molar-refractivity contribution is 9.10. The molecule has 3 fully saturated rings. The number of hydrogen-bond donors (Lipinski definition) is 1. The van der Waals surface area contributed by atoms with E-state index in [9.17, 15) is 28.8 Å². The number of nitrogens with one attached hydrogen (secondary N) is 1. The van der Waals surface area contributed by atoms with Gasteiger partial charge in [0.05, 0.1) is 11.8 Å². The summed E-state index contributed by atoms with van der Waals surface area (Å²) in [6.07, 6.45) is 3.09. The maximum Gasteiger partial charge on any atom is 0.324 e. The lowest BCUT2D eigenvalue weighted by Gasteiger charge is -2.36. The van der Waals surface area contributed by atoms with E-state index in [1.165, 1.54) is 41.5 Å². The summed E-state index contributed by atoms with van der Waals surface area (Å²) in [5, 5.41) is 2.52. The number of amides is 3. The first-order chi connectivity index (χ1) is 19.1.